The van der Waals surface area contributed by atoms with Crippen LogP contribution in [0.2, 0.25) is 0 Å². The van der Waals surface area contributed by atoms with E-state index in [0.717, 1.165) is 23.7 Å². The van der Waals surface area contributed by atoms with E-state index in [-0.39, 0.29) is 0 Å². The first-order chi connectivity index (χ1) is 7.26. The van der Waals surface area contributed by atoms with Crippen molar-refractivity contribution in [3.8, 4) is 0 Å². The van der Waals surface area contributed by atoms with Gasteiger partial charge in [-0.15, -0.1) is 0 Å². The van der Waals surface area contributed by atoms with Gasteiger partial charge < -0.3 is 5.32 Å². The Kier molecular flexibility index (Phi) is 2.35. The number of carbonyl (C=O) groups is 1. The van der Waals surface area contributed by atoms with E-state index in [1.165, 1.54) is 32.1 Å². The number of alkyl halides is 1. The van der Waals surface area contributed by atoms with Gasteiger partial charge in [0.15, 0.2) is 0 Å². The number of hydrogen-bond donors (Lipinski definition) is 1. The number of halogens is 1. The lowest BCUT2D eigenvalue weighted by atomic mass is 10.1. The Bertz CT molecular complexity index is 277. The molecule has 2 nitrogen and oxygen atoms in total. The maximum Gasteiger partial charge on any atom is 0.223 e. The zero-order valence-corrected chi connectivity index (χ0v) is 10.6. The van der Waals surface area contributed by atoms with Gasteiger partial charge in [0, 0.05) is 17.8 Å². The highest BCUT2D eigenvalue weighted by Gasteiger charge is 2.56. The molecular weight excluding hydrogens is 254 g/mol. The molecule has 3 aliphatic carbocycles. The van der Waals surface area contributed by atoms with Crippen LogP contribution in [0, 0.1) is 23.2 Å². The Morgan fingerprint density at radius 2 is 2.00 bits per heavy atom. The molecule has 3 heteroatoms. The van der Waals surface area contributed by atoms with Crippen LogP contribution in [-0.4, -0.2) is 17.8 Å². The van der Waals surface area contributed by atoms with Crippen LogP contribution in [-0.2, 0) is 4.79 Å². The van der Waals surface area contributed by atoms with Crippen LogP contribution in [0.25, 0.3) is 0 Å². The third kappa shape index (κ3) is 1.73. The second-order valence-corrected chi connectivity index (χ2v) is 6.20. The molecule has 0 aliphatic heterocycles. The summed E-state index contributed by atoms with van der Waals surface area (Å²) in [6.07, 6.45) is 6.50. The molecule has 0 aromatic rings. The summed E-state index contributed by atoms with van der Waals surface area (Å²) in [6, 6.07) is 0. The van der Waals surface area contributed by atoms with Crippen molar-refractivity contribution in [2.75, 3.05) is 11.9 Å². The molecule has 3 aliphatic rings. The normalized spacial score (nSPS) is 39.7. The number of hydrogen-bond acceptors (Lipinski definition) is 1. The van der Waals surface area contributed by atoms with Gasteiger partial charge in [-0.25, -0.2) is 0 Å². The smallest absolute Gasteiger partial charge is 0.223 e. The van der Waals surface area contributed by atoms with E-state index in [4.69, 9.17) is 0 Å². The van der Waals surface area contributed by atoms with E-state index in [1.807, 2.05) is 0 Å². The number of fused-ring (bicyclic) bond motifs is 1. The molecule has 3 fully saturated rings. The molecule has 0 aromatic carbocycles. The molecule has 15 heavy (non-hydrogen) atoms. The minimum atomic E-state index is 0.344. The minimum absolute atomic E-state index is 0.344. The van der Waals surface area contributed by atoms with Crippen LogP contribution >= 0.6 is 15.9 Å². The molecule has 3 saturated carbocycles. The van der Waals surface area contributed by atoms with Crippen molar-refractivity contribution in [1.82, 2.24) is 5.32 Å². The highest BCUT2D eigenvalue weighted by molar-refractivity contribution is 9.09. The Labute approximate surface area is 99.3 Å². The fraction of sp³-hybridized carbons (Fsp3) is 0.917. The van der Waals surface area contributed by atoms with E-state index in [0.29, 0.717) is 17.2 Å². The van der Waals surface area contributed by atoms with Gasteiger partial charge in [0.1, 0.15) is 0 Å². The summed E-state index contributed by atoms with van der Waals surface area (Å²) < 4.78 is 0. The van der Waals surface area contributed by atoms with Crippen molar-refractivity contribution in [3.05, 3.63) is 0 Å². The number of rotatable bonds is 4. The predicted molar refractivity (Wildman–Crippen MR) is 62.8 cm³/mol. The fourth-order valence-corrected chi connectivity index (χ4v) is 3.90. The highest BCUT2D eigenvalue weighted by Crippen LogP contribution is 2.57. The standard InChI is InChI=1S/C12H18BrNO/c13-6-12(4-5-12)7-14-11(15)10-8-2-1-3-9(8)10/h8-10H,1-7H2,(H,14,15). The minimum Gasteiger partial charge on any atom is -0.355 e. The zero-order chi connectivity index (χ0) is 10.5. The first-order valence-electron chi connectivity index (χ1n) is 6.09. The number of carbonyl (C=O) groups excluding carboxylic acids is 1. The van der Waals surface area contributed by atoms with Crippen LogP contribution in [0.1, 0.15) is 32.1 Å². The number of amides is 1. The molecule has 2 atom stereocenters. The lowest BCUT2D eigenvalue weighted by Crippen LogP contribution is -2.33. The SMILES string of the molecule is O=C(NCC1(CBr)CC1)C1C2CCCC21. The molecule has 84 valence electrons. The van der Waals surface area contributed by atoms with Gasteiger partial charge in [-0.05, 0) is 42.9 Å². The van der Waals surface area contributed by atoms with E-state index < -0.39 is 0 Å². The van der Waals surface area contributed by atoms with Crippen LogP contribution in [0.3, 0.4) is 0 Å². The van der Waals surface area contributed by atoms with Gasteiger partial charge in [0.25, 0.3) is 0 Å². The lowest BCUT2D eigenvalue weighted by molar-refractivity contribution is -0.123. The lowest BCUT2D eigenvalue weighted by Gasteiger charge is -2.13. The molecular formula is C12H18BrNO. The maximum atomic E-state index is 11.9. The summed E-state index contributed by atoms with van der Waals surface area (Å²) >= 11 is 3.53. The molecule has 1 amide bonds. The average molecular weight is 272 g/mol. The second kappa shape index (κ2) is 3.47. The van der Waals surface area contributed by atoms with Crippen LogP contribution in [0.5, 0.6) is 0 Å². The van der Waals surface area contributed by atoms with Crippen molar-refractivity contribution in [2.45, 2.75) is 32.1 Å². The van der Waals surface area contributed by atoms with Crippen molar-refractivity contribution in [2.24, 2.45) is 23.2 Å². The van der Waals surface area contributed by atoms with Crippen molar-refractivity contribution in [3.63, 3.8) is 0 Å². The first kappa shape index (κ1) is 10.1. The Hall–Kier alpha value is -0.0500. The van der Waals surface area contributed by atoms with Crippen molar-refractivity contribution < 1.29 is 4.79 Å². The predicted octanol–water partition coefficient (Wildman–Crippen LogP) is 2.32. The van der Waals surface area contributed by atoms with Crippen LogP contribution in [0.15, 0.2) is 0 Å². The summed E-state index contributed by atoms with van der Waals surface area (Å²) in [6.45, 7) is 0.896. The van der Waals surface area contributed by atoms with Gasteiger partial charge in [-0.2, -0.15) is 0 Å². The van der Waals surface area contributed by atoms with Crippen molar-refractivity contribution >= 4 is 21.8 Å². The monoisotopic (exact) mass is 271 g/mol. The number of nitrogens with one attached hydrogen (secondary N) is 1. The third-order valence-electron chi connectivity index (χ3n) is 4.59. The summed E-state index contributed by atoms with van der Waals surface area (Å²) in [5, 5.41) is 4.20. The zero-order valence-electron chi connectivity index (χ0n) is 8.97. The Morgan fingerprint density at radius 1 is 1.33 bits per heavy atom. The molecule has 0 heterocycles. The summed E-state index contributed by atoms with van der Waals surface area (Å²) in [4.78, 5) is 11.9. The molecule has 0 radical (unpaired) electrons. The van der Waals surface area contributed by atoms with Crippen LogP contribution in [0.4, 0.5) is 0 Å². The fourth-order valence-electron chi connectivity index (χ4n) is 3.14. The summed E-state index contributed by atoms with van der Waals surface area (Å²) in [5.74, 6) is 2.25. The van der Waals surface area contributed by atoms with Gasteiger partial charge in [0.2, 0.25) is 5.91 Å². The topological polar surface area (TPSA) is 29.1 Å². The highest BCUT2D eigenvalue weighted by atomic mass is 79.9. The third-order valence-corrected chi connectivity index (χ3v) is 5.78. The van der Waals surface area contributed by atoms with Gasteiger partial charge >= 0.3 is 0 Å². The largest absolute Gasteiger partial charge is 0.355 e. The van der Waals surface area contributed by atoms with E-state index in [2.05, 4.69) is 21.2 Å². The molecule has 0 bridgehead atoms. The molecule has 1 N–H and O–H groups in total. The van der Waals surface area contributed by atoms with E-state index in [1.54, 1.807) is 0 Å². The van der Waals surface area contributed by atoms with E-state index >= 15 is 0 Å². The second-order valence-electron chi connectivity index (χ2n) is 5.64. The Morgan fingerprint density at radius 3 is 2.53 bits per heavy atom. The van der Waals surface area contributed by atoms with E-state index in [9.17, 15) is 4.79 Å². The van der Waals surface area contributed by atoms with Crippen molar-refractivity contribution in [1.29, 1.82) is 0 Å². The molecule has 0 spiro atoms. The average Bonchev–Trinajstić information content (AvgIpc) is 3.14. The molecule has 3 rings (SSSR count). The Balaban J connectivity index is 1.46. The van der Waals surface area contributed by atoms with Crippen LogP contribution < -0.4 is 5.32 Å². The summed E-state index contributed by atoms with van der Waals surface area (Å²) in [7, 11) is 0. The van der Waals surface area contributed by atoms with Gasteiger partial charge in [0.05, 0.1) is 0 Å². The molecule has 2 unspecified atom stereocenters. The maximum absolute atomic E-state index is 11.9. The summed E-state index contributed by atoms with van der Waals surface area (Å²) in [5.41, 5.74) is 0.416. The quantitative estimate of drug-likeness (QED) is 0.782. The first-order valence-corrected chi connectivity index (χ1v) is 7.22. The molecule has 0 saturated heterocycles. The molecule has 0 aromatic heterocycles. The van der Waals surface area contributed by atoms with Gasteiger partial charge in [-0.3, -0.25) is 4.79 Å². The van der Waals surface area contributed by atoms with Gasteiger partial charge in [-0.1, -0.05) is 22.4 Å².